The quantitative estimate of drug-likeness (QED) is 0.515. The van der Waals surface area contributed by atoms with Gasteiger partial charge in [-0.2, -0.15) is 0 Å². The molecule has 7 heavy (non-hydrogen) atoms. The molecule has 0 rings (SSSR count). The molecule has 41 valence electrons. The average Bonchev–Trinajstić information content (AvgIpc) is 1.27. The summed E-state index contributed by atoms with van der Waals surface area (Å²) in [5.74, 6) is 0. The third-order valence-electron chi connectivity index (χ3n) is 0.357. The van der Waals surface area contributed by atoms with Gasteiger partial charge in [0.2, 0.25) is 0 Å². The Morgan fingerprint density at radius 1 is 1.57 bits per heavy atom. The molecule has 0 heterocycles. The molecule has 0 aromatic heterocycles. The van der Waals surface area contributed by atoms with Crippen molar-refractivity contribution in [1.29, 1.82) is 0 Å². The van der Waals surface area contributed by atoms with Crippen molar-refractivity contribution in [2.45, 2.75) is 13.8 Å². The van der Waals surface area contributed by atoms with Crippen LogP contribution < -0.4 is 5.32 Å². The number of nitrogens with one attached hydrogen (secondary N) is 1. The molecule has 0 aromatic rings. The maximum atomic E-state index is 9.68. The summed E-state index contributed by atoms with van der Waals surface area (Å²) in [6.07, 6.45) is -1.000. The van der Waals surface area contributed by atoms with Crippen LogP contribution in [0.1, 0.15) is 13.8 Å². The molecule has 1 radical (unpaired) electrons. The van der Waals surface area contributed by atoms with Crippen LogP contribution in [0.25, 0.3) is 0 Å². The molecule has 1 amide bonds. The van der Waals surface area contributed by atoms with Crippen LogP contribution in [0.2, 0.25) is 0 Å². The van der Waals surface area contributed by atoms with Crippen molar-refractivity contribution in [3.8, 4) is 0 Å². The third-order valence-corrected chi connectivity index (χ3v) is 0.357. The largest absolute Gasteiger partial charge is 0.465 e. The molecular formula is C4H8NO2. The van der Waals surface area contributed by atoms with E-state index < -0.39 is 6.09 Å². The first-order valence-electron chi connectivity index (χ1n) is 1.93. The Hall–Kier alpha value is -0.730. The molecule has 0 aliphatic carbocycles. The van der Waals surface area contributed by atoms with Crippen LogP contribution in [0.4, 0.5) is 4.79 Å². The summed E-state index contributed by atoms with van der Waals surface area (Å²) in [7, 11) is 0. The monoisotopic (exact) mass is 102 g/mol. The highest BCUT2D eigenvalue weighted by molar-refractivity contribution is 5.65. The summed E-state index contributed by atoms with van der Waals surface area (Å²) in [5, 5.41) is 10.1. The van der Waals surface area contributed by atoms with Crippen LogP contribution >= 0.6 is 0 Å². The fourth-order valence-electron chi connectivity index (χ4n) is 0.214. The van der Waals surface area contributed by atoms with Crippen LogP contribution in [0.15, 0.2) is 0 Å². The Balaban J connectivity index is 3.13. The summed E-state index contributed by atoms with van der Waals surface area (Å²) >= 11 is 0. The van der Waals surface area contributed by atoms with Crippen molar-refractivity contribution >= 4 is 6.09 Å². The molecule has 0 bridgehead atoms. The lowest BCUT2D eigenvalue weighted by Gasteiger charge is -1.98. The van der Waals surface area contributed by atoms with Crippen molar-refractivity contribution in [2.75, 3.05) is 0 Å². The minimum Gasteiger partial charge on any atom is -0.465 e. The molecule has 0 aromatic carbocycles. The number of hydrogen-bond acceptors (Lipinski definition) is 1. The highest BCUT2D eigenvalue weighted by Gasteiger charge is 1.95. The third kappa shape index (κ3) is 5.27. The Morgan fingerprint density at radius 3 is 2.00 bits per heavy atom. The first-order chi connectivity index (χ1) is 3.13. The molecule has 0 atom stereocenters. The van der Waals surface area contributed by atoms with Crippen LogP contribution in [0.3, 0.4) is 0 Å². The maximum Gasteiger partial charge on any atom is 0.405 e. The predicted octanol–water partition coefficient (Wildman–Crippen LogP) is 0.826. The van der Waals surface area contributed by atoms with Gasteiger partial charge in [-0.15, -0.1) is 0 Å². The summed E-state index contributed by atoms with van der Waals surface area (Å²) in [5.41, 5.74) is 0. The van der Waals surface area contributed by atoms with Crippen molar-refractivity contribution in [3.63, 3.8) is 0 Å². The highest BCUT2D eigenvalue weighted by Crippen LogP contribution is 1.84. The lowest BCUT2D eigenvalue weighted by Crippen LogP contribution is -2.21. The molecule has 0 saturated heterocycles. The van der Waals surface area contributed by atoms with Gasteiger partial charge in [-0.25, -0.2) is 4.79 Å². The second-order valence-corrected chi connectivity index (χ2v) is 1.43. The van der Waals surface area contributed by atoms with Gasteiger partial charge >= 0.3 is 6.09 Å². The summed E-state index contributed by atoms with van der Waals surface area (Å²) < 4.78 is 0. The van der Waals surface area contributed by atoms with Gasteiger partial charge in [0.15, 0.2) is 0 Å². The maximum absolute atomic E-state index is 9.68. The molecule has 0 unspecified atom stereocenters. The normalized spacial score (nSPS) is 9.00. The average molecular weight is 102 g/mol. The van der Waals surface area contributed by atoms with Crippen LogP contribution in [-0.2, 0) is 0 Å². The molecule has 3 nitrogen and oxygen atoms in total. The molecule has 2 N–H and O–H groups in total. The number of amides is 1. The number of hydrogen-bond donors (Lipinski definition) is 2. The molecule has 0 fully saturated rings. The van der Waals surface area contributed by atoms with E-state index >= 15 is 0 Å². The van der Waals surface area contributed by atoms with Gasteiger partial charge < -0.3 is 10.4 Å². The zero-order valence-corrected chi connectivity index (χ0v) is 4.36. The molecular weight excluding hydrogens is 94.0 g/mol. The standard InChI is InChI=1S/C4H8NO2/c1-3(2)5-4(6)7/h5H,1-2H3,(H,6,7). The topological polar surface area (TPSA) is 49.3 Å². The van der Waals surface area contributed by atoms with Gasteiger partial charge in [0.1, 0.15) is 0 Å². The molecule has 0 aliphatic heterocycles. The van der Waals surface area contributed by atoms with E-state index in [1.165, 1.54) is 0 Å². The number of rotatable bonds is 1. The first kappa shape index (κ1) is 6.27. The van der Waals surface area contributed by atoms with Gasteiger partial charge in [-0.05, 0) is 13.8 Å². The van der Waals surface area contributed by atoms with Gasteiger partial charge in [-0.1, -0.05) is 0 Å². The second kappa shape index (κ2) is 2.44. The van der Waals surface area contributed by atoms with Gasteiger partial charge in [0, 0.05) is 0 Å². The summed E-state index contributed by atoms with van der Waals surface area (Å²) in [4.78, 5) is 9.68. The van der Waals surface area contributed by atoms with E-state index in [0.717, 1.165) is 0 Å². The SMILES string of the molecule is C[C](C)NC(=O)O. The lowest BCUT2D eigenvalue weighted by molar-refractivity contribution is 0.195. The van der Waals surface area contributed by atoms with E-state index in [9.17, 15) is 4.79 Å². The zero-order chi connectivity index (χ0) is 5.86. The Morgan fingerprint density at radius 2 is 2.00 bits per heavy atom. The van der Waals surface area contributed by atoms with E-state index in [2.05, 4.69) is 5.32 Å². The molecule has 0 saturated carbocycles. The van der Waals surface area contributed by atoms with Crippen LogP contribution in [-0.4, -0.2) is 11.2 Å². The first-order valence-corrected chi connectivity index (χ1v) is 1.93. The van der Waals surface area contributed by atoms with Gasteiger partial charge in [0.05, 0.1) is 6.04 Å². The highest BCUT2D eigenvalue weighted by atomic mass is 16.4. The van der Waals surface area contributed by atoms with E-state index in [1.807, 2.05) is 0 Å². The fraction of sp³-hybridized carbons (Fsp3) is 0.500. The molecule has 0 aliphatic rings. The van der Waals surface area contributed by atoms with Crippen molar-refractivity contribution in [3.05, 3.63) is 6.04 Å². The predicted molar refractivity (Wildman–Crippen MR) is 25.8 cm³/mol. The smallest absolute Gasteiger partial charge is 0.405 e. The number of carbonyl (C=O) groups is 1. The second-order valence-electron chi connectivity index (χ2n) is 1.43. The van der Waals surface area contributed by atoms with E-state index in [-0.39, 0.29) is 0 Å². The minimum atomic E-state index is -1.000. The lowest BCUT2D eigenvalue weighted by atomic mass is 10.4. The van der Waals surface area contributed by atoms with E-state index in [1.54, 1.807) is 13.8 Å². The summed E-state index contributed by atoms with van der Waals surface area (Å²) in [6.45, 7) is 3.38. The van der Waals surface area contributed by atoms with Gasteiger partial charge in [0.25, 0.3) is 0 Å². The summed E-state index contributed by atoms with van der Waals surface area (Å²) in [6, 6.07) is 0.688. The van der Waals surface area contributed by atoms with Gasteiger partial charge in [-0.3, -0.25) is 0 Å². The molecule has 3 heteroatoms. The van der Waals surface area contributed by atoms with Crippen molar-refractivity contribution in [2.24, 2.45) is 0 Å². The van der Waals surface area contributed by atoms with Crippen molar-refractivity contribution in [1.82, 2.24) is 5.32 Å². The Bertz CT molecular complexity index is 70.1. The number of carboxylic acid groups (broad SMARTS) is 1. The fourth-order valence-corrected chi connectivity index (χ4v) is 0.214. The zero-order valence-electron chi connectivity index (χ0n) is 4.36. The Kier molecular flexibility index (Phi) is 2.19. The van der Waals surface area contributed by atoms with E-state index in [0.29, 0.717) is 6.04 Å². The Labute approximate surface area is 42.3 Å². The van der Waals surface area contributed by atoms with Crippen LogP contribution in [0, 0.1) is 6.04 Å². The van der Waals surface area contributed by atoms with E-state index in [4.69, 9.17) is 5.11 Å². The molecule has 0 spiro atoms. The minimum absolute atomic E-state index is 0.688. The van der Waals surface area contributed by atoms with Crippen molar-refractivity contribution < 1.29 is 9.90 Å². The van der Waals surface area contributed by atoms with Crippen LogP contribution in [0.5, 0.6) is 0 Å².